The molecule has 0 saturated carbocycles. The number of nitrogens with zero attached hydrogens (tertiary/aromatic N) is 1. The van der Waals surface area contributed by atoms with Crippen molar-refractivity contribution in [1.82, 2.24) is 15.6 Å². The standard InChI is InChI=1S/C17H31N3O2S/c1-8-12(20-15(21)22-17(5,6)7)9-18-10-13-11-23-14(19-13)16(2,3)4/h11-12,18H,8-10H2,1-7H3,(H,20,21). The van der Waals surface area contributed by atoms with Gasteiger partial charge < -0.3 is 15.4 Å². The van der Waals surface area contributed by atoms with Gasteiger partial charge in [-0.2, -0.15) is 0 Å². The second-order valence-electron chi connectivity index (χ2n) is 7.78. The van der Waals surface area contributed by atoms with Crippen molar-refractivity contribution in [3.63, 3.8) is 0 Å². The zero-order valence-corrected chi connectivity index (χ0v) is 16.3. The number of carbonyl (C=O) groups excluding carboxylic acids is 1. The molecule has 2 N–H and O–H groups in total. The number of hydrogen-bond acceptors (Lipinski definition) is 5. The molecule has 0 aliphatic rings. The molecule has 6 heteroatoms. The molecule has 0 radical (unpaired) electrons. The second-order valence-corrected chi connectivity index (χ2v) is 8.63. The van der Waals surface area contributed by atoms with E-state index in [1.165, 1.54) is 0 Å². The number of rotatable bonds is 6. The first kappa shape index (κ1) is 19.9. The molecule has 0 fully saturated rings. The number of thiazole rings is 1. The molecule has 132 valence electrons. The Bertz CT molecular complexity index is 501. The van der Waals surface area contributed by atoms with Crippen molar-refractivity contribution in [2.45, 2.75) is 78.5 Å². The average molecular weight is 342 g/mol. The lowest BCUT2D eigenvalue weighted by Gasteiger charge is -2.23. The van der Waals surface area contributed by atoms with Gasteiger partial charge in [0.25, 0.3) is 0 Å². The Hall–Kier alpha value is -1.14. The summed E-state index contributed by atoms with van der Waals surface area (Å²) in [7, 11) is 0. The lowest BCUT2D eigenvalue weighted by atomic mass is 9.98. The molecule has 0 aliphatic carbocycles. The summed E-state index contributed by atoms with van der Waals surface area (Å²) < 4.78 is 5.29. The molecule has 1 amide bonds. The highest BCUT2D eigenvalue weighted by Crippen LogP contribution is 2.25. The number of ether oxygens (including phenoxy) is 1. The van der Waals surface area contributed by atoms with Gasteiger partial charge in [-0.1, -0.05) is 27.7 Å². The number of amides is 1. The summed E-state index contributed by atoms with van der Waals surface area (Å²) in [6.45, 7) is 15.5. The zero-order chi connectivity index (χ0) is 17.7. The molecule has 1 aromatic heterocycles. The molecule has 1 rings (SSSR count). The van der Waals surface area contributed by atoms with Crippen LogP contribution in [-0.4, -0.2) is 29.3 Å². The minimum atomic E-state index is -0.472. The fourth-order valence-electron chi connectivity index (χ4n) is 1.88. The Morgan fingerprint density at radius 2 is 1.96 bits per heavy atom. The first-order valence-corrected chi connectivity index (χ1v) is 9.04. The van der Waals surface area contributed by atoms with E-state index in [1.807, 2.05) is 27.7 Å². The summed E-state index contributed by atoms with van der Waals surface area (Å²) >= 11 is 1.70. The Morgan fingerprint density at radius 1 is 1.30 bits per heavy atom. The Kier molecular flexibility index (Phi) is 7.02. The third-order valence-corrected chi connectivity index (χ3v) is 4.42. The van der Waals surface area contributed by atoms with E-state index < -0.39 is 5.60 Å². The van der Waals surface area contributed by atoms with Crippen molar-refractivity contribution in [2.24, 2.45) is 0 Å². The third-order valence-electron chi connectivity index (χ3n) is 3.10. The average Bonchev–Trinajstić information content (AvgIpc) is 2.84. The van der Waals surface area contributed by atoms with Gasteiger partial charge >= 0.3 is 6.09 Å². The van der Waals surface area contributed by atoms with Crippen LogP contribution in [0, 0.1) is 0 Å². The summed E-state index contributed by atoms with van der Waals surface area (Å²) in [5.41, 5.74) is 0.666. The Morgan fingerprint density at radius 3 is 2.43 bits per heavy atom. The normalized spacial score (nSPS) is 13.7. The van der Waals surface area contributed by atoms with E-state index in [-0.39, 0.29) is 17.6 Å². The summed E-state index contributed by atoms with van der Waals surface area (Å²) in [5.74, 6) is 0. The fourth-order valence-corrected chi connectivity index (χ4v) is 2.79. The van der Waals surface area contributed by atoms with Gasteiger partial charge in [-0.3, -0.25) is 0 Å². The van der Waals surface area contributed by atoms with Crippen LogP contribution in [0.5, 0.6) is 0 Å². The van der Waals surface area contributed by atoms with E-state index in [4.69, 9.17) is 4.74 Å². The predicted octanol–water partition coefficient (Wildman–Crippen LogP) is 3.83. The molecule has 1 atom stereocenters. The van der Waals surface area contributed by atoms with Crippen LogP contribution in [0.2, 0.25) is 0 Å². The molecule has 0 bridgehead atoms. The number of hydrogen-bond donors (Lipinski definition) is 2. The molecule has 1 unspecified atom stereocenters. The maximum atomic E-state index is 11.8. The van der Waals surface area contributed by atoms with Crippen LogP contribution in [0.3, 0.4) is 0 Å². The van der Waals surface area contributed by atoms with Crippen LogP contribution in [0.15, 0.2) is 5.38 Å². The van der Waals surface area contributed by atoms with E-state index in [9.17, 15) is 4.79 Å². The number of carbonyl (C=O) groups is 1. The Balaban J connectivity index is 2.40. The molecule has 5 nitrogen and oxygen atoms in total. The van der Waals surface area contributed by atoms with Gasteiger partial charge in [0.05, 0.1) is 10.7 Å². The molecular formula is C17H31N3O2S. The van der Waals surface area contributed by atoms with E-state index in [1.54, 1.807) is 11.3 Å². The largest absolute Gasteiger partial charge is 0.444 e. The smallest absolute Gasteiger partial charge is 0.407 e. The number of aromatic nitrogens is 1. The van der Waals surface area contributed by atoms with Gasteiger partial charge in [-0.25, -0.2) is 9.78 Å². The van der Waals surface area contributed by atoms with Crippen LogP contribution in [0.4, 0.5) is 4.79 Å². The van der Waals surface area contributed by atoms with E-state index in [0.29, 0.717) is 13.1 Å². The van der Waals surface area contributed by atoms with Crippen molar-refractivity contribution >= 4 is 17.4 Å². The van der Waals surface area contributed by atoms with Crippen molar-refractivity contribution < 1.29 is 9.53 Å². The van der Waals surface area contributed by atoms with E-state index in [0.717, 1.165) is 17.1 Å². The molecule has 23 heavy (non-hydrogen) atoms. The minimum Gasteiger partial charge on any atom is -0.444 e. The molecule has 0 aromatic carbocycles. The topological polar surface area (TPSA) is 63.2 Å². The van der Waals surface area contributed by atoms with E-state index >= 15 is 0 Å². The highest BCUT2D eigenvalue weighted by molar-refractivity contribution is 7.09. The van der Waals surface area contributed by atoms with Crippen molar-refractivity contribution in [3.8, 4) is 0 Å². The van der Waals surface area contributed by atoms with E-state index in [2.05, 4.69) is 41.8 Å². The first-order chi connectivity index (χ1) is 10.5. The van der Waals surface area contributed by atoms with Crippen LogP contribution in [0.1, 0.15) is 65.6 Å². The van der Waals surface area contributed by atoms with Crippen molar-refractivity contribution in [3.05, 3.63) is 16.1 Å². The van der Waals surface area contributed by atoms with Gasteiger partial charge in [0.1, 0.15) is 5.60 Å². The molecule has 1 aromatic rings. The van der Waals surface area contributed by atoms with Gasteiger partial charge in [-0.15, -0.1) is 11.3 Å². The molecule has 0 saturated heterocycles. The second kappa shape index (κ2) is 8.11. The van der Waals surface area contributed by atoms with Crippen LogP contribution in [-0.2, 0) is 16.7 Å². The monoisotopic (exact) mass is 341 g/mol. The van der Waals surface area contributed by atoms with Crippen LogP contribution >= 0.6 is 11.3 Å². The zero-order valence-electron chi connectivity index (χ0n) is 15.4. The highest BCUT2D eigenvalue weighted by Gasteiger charge is 2.19. The molecular weight excluding hydrogens is 310 g/mol. The lowest BCUT2D eigenvalue weighted by Crippen LogP contribution is -2.43. The van der Waals surface area contributed by atoms with Crippen molar-refractivity contribution in [2.75, 3.05) is 6.54 Å². The summed E-state index contributed by atoms with van der Waals surface area (Å²) in [4.78, 5) is 16.5. The maximum absolute atomic E-state index is 11.8. The summed E-state index contributed by atoms with van der Waals surface area (Å²) in [6.07, 6.45) is 0.478. The van der Waals surface area contributed by atoms with Crippen molar-refractivity contribution in [1.29, 1.82) is 0 Å². The van der Waals surface area contributed by atoms with Gasteiger partial charge in [0.2, 0.25) is 0 Å². The fraction of sp³-hybridized carbons (Fsp3) is 0.765. The SMILES string of the molecule is CCC(CNCc1csc(C(C)(C)C)n1)NC(=O)OC(C)(C)C. The number of alkyl carbamates (subject to hydrolysis) is 1. The first-order valence-electron chi connectivity index (χ1n) is 8.16. The number of nitrogens with one attached hydrogen (secondary N) is 2. The van der Waals surface area contributed by atoms with Gasteiger partial charge in [0, 0.05) is 29.9 Å². The van der Waals surface area contributed by atoms with Gasteiger partial charge in [-0.05, 0) is 27.2 Å². The molecule has 0 aliphatic heterocycles. The highest BCUT2D eigenvalue weighted by atomic mass is 32.1. The third kappa shape index (κ3) is 7.79. The lowest BCUT2D eigenvalue weighted by molar-refractivity contribution is 0.0502. The minimum absolute atomic E-state index is 0.0468. The van der Waals surface area contributed by atoms with Gasteiger partial charge in [0.15, 0.2) is 0 Å². The predicted molar refractivity (Wildman–Crippen MR) is 96.0 cm³/mol. The molecule has 0 spiro atoms. The quantitative estimate of drug-likeness (QED) is 0.825. The van der Waals surface area contributed by atoms with Crippen LogP contribution < -0.4 is 10.6 Å². The van der Waals surface area contributed by atoms with Crippen LogP contribution in [0.25, 0.3) is 0 Å². The summed E-state index contributed by atoms with van der Waals surface area (Å²) in [5, 5.41) is 9.50. The summed E-state index contributed by atoms with van der Waals surface area (Å²) in [6, 6.07) is 0.0468. The Labute approximate surface area is 144 Å². The molecule has 1 heterocycles. The maximum Gasteiger partial charge on any atom is 0.407 e.